The Balaban J connectivity index is 2.55. The molecular formula is C9H9BrN4. The Morgan fingerprint density at radius 1 is 1.43 bits per heavy atom. The molecule has 0 spiro atoms. The zero-order valence-electron chi connectivity index (χ0n) is 7.61. The molecule has 0 aliphatic heterocycles. The van der Waals surface area contributed by atoms with Crippen LogP contribution in [0.4, 0.5) is 5.82 Å². The number of rotatable bonds is 1. The first-order valence-corrected chi connectivity index (χ1v) is 4.89. The normalized spacial score (nSPS) is 10.4. The van der Waals surface area contributed by atoms with E-state index in [9.17, 15) is 0 Å². The monoisotopic (exact) mass is 252 g/mol. The van der Waals surface area contributed by atoms with Crippen LogP contribution >= 0.6 is 15.9 Å². The highest BCUT2D eigenvalue weighted by Crippen LogP contribution is 2.24. The fourth-order valence-corrected chi connectivity index (χ4v) is 1.61. The van der Waals surface area contributed by atoms with Crippen LogP contribution in [0.2, 0.25) is 0 Å². The Morgan fingerprint density at radius 3 is 2.79 bits per heavy atom. The maximum Gasteiger partial charge on any atom is 0.150 e. The average molecular weight is 253 g/mol. The number of nitrogens with zero attached hydrogens (tertiary/aromatic N) is 3. The average Bonchev–Trinajstić information content (AvgIpc) is 2.48. The molecule has 0 fully saturated rings. The van der Waals surface area contributed by atoms with Crippen LogP contribution in [0.15, 0.2) is 28.7 Å². The largest absolute Gasteiger partial charge is 0.382 e. The van der Waals surface area contributed by atoms with E-state index in [1.54, 1.807) is 11.7 Å². The highest BCUT2D eigenvalue weighted by atomic mass is 79.9. The summed E-state index contributed by atoms with van der Waals surface area (Å²) in [5.41, 5.74) is 7.49. The van der Waals surface area contributed by atoms with Gasteiger partial charge in [0.2, 0.25) is 0 Å². The number of nitrogen functional groups attached to an aromatic ring is 1. The molecule has 0 amide bonds. The molecule has 14 heavy (non-hydrogen) atoms. The Labute approximate surface area is 89.9 Å². The molecule has 1 aromatic heterocycles. The smallest absolute Gasteiger partial charge is 0.150 e. The maximum absolute atomic E-state index is 5.81. The molecule has 1 aromatic carbocycles. The van der Waals surface area contributed by atoms with E-state index in [4.69, 9.17) is 5.73 Å². The van der Waals surface area contributed by atoms with Crippen molar-refractivity contribution in [3.8, 4) is 11.3 Å². The van der Waals surface area contributed by atoms with E-state index in [-0.39, 0.29) is 0 Å². The van der Waals surface area contributed by atoms with Crippen LogP contribution in [-0.2, 0) is 7.05 Å². The standard InChI is InChI=1S/C9H9BrN4/c1-14-9(11)8(12-13-14)6-3-2-4-7(10)5-6/h2-5H,11H2,1H3. The number of hydrogen-bond acceptors (Lipinski definition) is 3. The second kappa shape index (κ2) is 3.42. The minimum atomic E-state index is 0.572. The van der Waals surface area contributed by atoms with E-state index in [2.05, 4.69) is 26.2 Å². The van der Waals surface area contributed by atoms with Gasteiger partial charge in [0.1, 0.15) is 11.5 Å². The zero-order valence-corrected chi connectivity index (χ0v) is 9.19. The minimum absolute atomic E-state index is 0.572. The van der Waals surface area contributed by atoms with E-state index in [0.717, 1.165) is 10.0 Å². The number of nitrogens with two attached hydrogens (primary N) is 1. The Bertz CT molecular complexity index is 464. The van der Waals surface area contributed by atoms with Gasteiger partial charge in [-0.1, -0.05) is 33.3 Å². The van der Waals surface area contributed by atoms with Gasteiger partial charge in [-0.3, -0.25) is 0 Å². The Kier molecular flexibility index (Phi) is 2.25. The summed E-state index contributed by atoms with van der Waals surface area (Å²) in [6.45, 7) is 0. The Hall–Kier alpha value is -1.36. The van der Waals surface area contributed by atoms with Gasteiger partial charge in [-0.05, 0) is 12.1 Å². The molecule has 0 aliphatic rings. The van der Waals surface area contributed by atoms with Gasteiger partial charge in [0.15, 0.2) is 0 Å². The third kappa shape index (κ3) is 1.50. The van der Waals surface area contributed by atoms with Crippen molar-refractivity contribution < 1.29 is 0 Å². The summed E-state index contributed by atoms with van der Waals surface area (Å²) in [5.74, 6) is 0.572. The van der Waals surface area contributed by atoms with Gasteiger partial charge in [0.05, 0.1) is 0 Å². The van der Waals surface area contributed by atoms with Crippen LogP contribution in [0.5, 0.6) is 0 Å². The number of hydrogen-bond donors (Lipinski definition) is 1. The molecule has 4 nitrogen and oxygen atoms in total. The summed E-state index contributed by atoms with van der Waals surface area (Å²) < 4.78 is 2.55. The molecule has 5 heteroatoms. The third-order valence-electron chi connectivity index (χ3n) is 1.97. The van der Waals surface area contributed by atoms with Gasteiger partial charge in [-0.2, -0.15) is 0 Å². The molecule has 2 rings (SSSR count). The molecular weight excluding hydrogens is 244 g/mol. The lowest BCUT2D eigenvalue weighted by Crippen LogP contribution is -1.97. The first-order valence-electron chi connectivity index (χ1n) is 4.09. The fraction of sp³-hybridized carbons (Fsp3) is 0.111. The van der Waals surface area contributed by atoms with Crippen LogP contribution in [0.1, 0.15) is 0 Å². The van der Waals surface area contributed by atoms with Crippen LogP contribution in [-0.4, -0.2) is 15.0 Å². The molecule has 0 atom stereocenters. The van der Waals surface area contributed by atoms with Gasteiger partial charge in [-0.15, -0.1) is 5.10 Å². The number of aromatic nitrogens is 3. The van der Waals surface area contributed by atoms with E-state index in [1.165, 1.54) is 0 Å². The predicted octanol–water partition coefficient (Wildman–Crippen LogP) is 1.83. The van der Waals surface area contributed by atoms with Gasteiger partial charge in [0, 0.05) is 17.1 Å². The lowest BCUT2D eigenvalue weighted by atomic mass is 10.1. The summed E-state index contributed by atoms with van der Waals surface area (Å²) in [6, 6.07) is 7.80. The van der Waals surface area contributed by atoms with Gasteiger partial charge in [-0.25, -0.2) is 4.68 Å². The van der Waals surface area contributed by atoms with Crippen molar-refractivity contribution in [2.24, 2.45) is 7.05 Å². The molecule has 0 saturated carbocycles. The minimum Gasteiger partial charge on any atom is -0.382 e. The maximum atomic E-state index is 5.81. The van der Waals surface area contributed by atoms with Gasteiger partial charge in [0.25, 0.3) is 0 Å². The quantitative estimate of drug-likeness (QED) is 0.843. The molecule has 2 aromatic rings. The summed E-state index contributed by atoms with van der Waals surface area (Å²) in [4.78, 5) is 0. The van der Waals surface area contributed by atoms with Crippen molar-refractivity contribution >= 4 is 21.7 Å². The van der Waals surface area contributed by atoms with Crippen LogP contribution in [0.3, 0.4) is 0 Å². The summed E-state index contributed by atoms with van der Waals surface area (Å²) >= 11 is 3.39. The zero-order chi connectivity index (χ0) is 10.1. The first-order chi connectivity index (χ1) is 6.68. The topological polar surface area (TPSA) is 56.7 Å². The highest BCUT2D eigenvalue weighted by Gasteiger charge is 2.08. The second-order valence-electron chi connectivity index (χ2n) is 2.96. The van der Waals surface area contributed by atoms with E-state index in [1.807, 2.05) is 24.3 Å². The number of halogens is 1. The van der Waals surface area contributed by atoms with E-state index < -0.39 is 0 Å². The highest BCUT2D eigenvalue weighted by molar-refractivity contribution is 9.10. The van der Waals surface area contributed by atoms with Gasteiger partial charge < -0.3 is 5.73 Å². The molecule has 0 bridgehead atoms. The molecule has 72 valence electrons. The van der Waals surface area contributed by atoms with Crippen molar-refractivity contribution in [3.05, 3.63) is 28.7 Å². The van der Waals surface area contributed by atoms with E-state index in [0.29, 0.717) is 11.5 Å². The summed E-state index contributed by atoms with van der Waals surface area (Å²) in [5, 5.41) is 7.84. The number of aryl methyl sites for hydroxylation is 1. The SMILES string of the molecule is Cn1nnc(-c2cccc(Br)c2)c1N. The van der Waals surface area contributed by atoms with Crippen molar-refractivity contribution in [2.45, 2.75) is 0 Å². The number of benzene rings is 1. The summed E-state index contributed by atoms with van der Waals surface area (Å²) in [6.07, 6.45) is 0. The molecule has 2 N–H and O–H groups in total. The second-order valence-corrected chi connectivity index (χ2v) is 3.87. The van der Waals surface area contributed by atoms with Gasteiger partial charge >= 0.3 is 0 Å². The molecule has 0 aliphatic carbocycles. The van der Waals surface area contributed by atoms with Crippen molar-refractivity contribution in [3.63, 3.8) is 0 Å². The van der Waals surface area contributed by atoms with Crippen LogP contribution in [0.25, 0.3) is 11.3 Å². The summed E-state index contributed by atoms with van der Waals surface area (Å²) in [7, 11) is 1.77. The van der Waals surface area contributed by atoms with Crippen molar-refractivity contribution in [1.29, 1.82) is 0 Å². The third-order valence-corrected chi connectivity index (χ3v) is 2.46. The van der Waals surface area contributed by atoms with Crippen molar-refractivity contribution in [1.82, 2.24) is 15.0 Å². The lowest BCUT2D eigenvalue weighted by molar-refractivity contribution is 0.723. The van der Waals surface area contributed by atoms with Crippen LogP contribution < -0.4 is 5.73 Å². The predicted molar refractivity (Wildman–Crippen MR) is 58.6 cm³/mol. The molecule has 1 heterocycles. The van der Waals surface area contributed by atoms with E-state index >= 15 is 0 Å². The molecule has 0 radical (unpaired) electrons. The molecule has 0 unspecified atom stereocenters. The van der Waals surface area contributed by atoms with Crippen molar-refractivity contribution in [2.75, 3.05) is 5.73 Å². The lowest BCUT2D eigenvalue weighted by Gasteiger charge is -1.98. The molecule has 0 saturated heterocycles. The van der Waals surface area contributed by atoms with Crippen LogP contribution in [0, 0.1) is 0 Å². The first kappa shape index (κ1) is 9.21. The fourth-order valence-electron chi connectivity index (χ4n) is 1.21. The Morgan fingerprint density at radius 2 is 2.21 bits per heavy atom. The number of anilines is 1.